The Balaban J connectivity index is 1.62. The number of benzene rings is 2. The Morgan fingerprint density at radius 3 is 2.68 bits per heavy atom. The average Bonchev–Trinajstić information content (AvgIpc) is 3.32. The molecular weight excluding hydrogens is 318 g/mol. The maximum absolute atomic E-state index is 6.03. The summed E-state index contributed by atoms with van der Waals surface area (Å²) in [5.74, 6) is 2.35. The maximum atomic E-state index is 6.03. The minimum atomic E-state index is 0.00833. The van der Waals surface area contributed by atoms with Gasteiger partial charge in [0.05, 0.1) is 12.8 Å². The van der Waals surface area contributed by atoms with Gasteiger partial charge in [-0.15, -0.1) is 0 Å². The van der Waals surface area contributed by atoms with Crippen LogP contribution in [-0.4, -0.2) is 30.6 Å². The average molecular weight is 337 g/mol. The molecule has 6 heteroatoms. The first-order valence-electron chi connectivity index (χ1n) is 8.08. The number of methoxy groups -OCH3 is 1. The first-order valence-corrected chi connectivity index (χ1v) is 8.08. The van der Waals surface area contributed by atoms with E-state index in [2.05, 4.69) is 10.2 Å². The topological polar surface area (TPSA) is 82.4 Å². The van der Waals surface area contributed by atoms with Gasteiger partial charge in [-0.05, 0) is 48.0 Å². The van der Waals surface area contributed by atoms with Crippen molar-refractivity contribution in [1.29, 1.82) is 0 Å². The molecule has 6 nitrogen and oxygen atoms in total. The molecule has 25 heavy (non-hydrogen) atoms. The van der Waals surface area contributed by atoms with Gasteiger partial charge in [-0.25, -0.2) is 0 Å². The van der Waals surface area contributed by atoms with Gasteiger partial charge in [0.25, 0.3) is 0 Å². The van der Waals surface area contributed by atoms with Crippen molar-refractivity contribution in [1.82, 2.24) is 10.2 Å². The lowest BCUT2D eigenvalue weighted by Gasteiger charge is -2.13. The molecule has 0 saturated carbocycles. The van der Waals surface area contributed by atoms with Crippen molar-refractivity contribution in [3.8, 4) is 28.5 Å². The Bertz CT molecular complexity index is 874. The van der Waals surface area contributed by atoms with Gasteiger partial charge in [-0.2, -0.15) is 5.10 Å². The summed E-state index contributed by atoms with van der Waals surface area (Å²) in [5.41, 5.74) is 9.95. The van der Waals surface area contributed by atoms with Crippen LogP contribution in [0, 0.1) is 0 Å². The third-order valence-corrected chi connectivity index (χ3v) is 4.39. The van der Waals surface area contributed by atoms with Crippen molar-refractivity contribution >= 4 is 0 Å². The number of aromatic amines is 1. The van der Waals surface area contributed by atoms with Gasteiger partial charge >= 0.3 is 0 Å². The third-order valence-electron chi connectivity index (χ3n) is 4.39. The lowest BCUT2D eigenvalue weighted by atomic mass is 9.95. The smallest absolute Gasteiger partial charge is 0.231 e. The monoisotopic (exact) mass is 337 g/mol. The summed E-state index contributed by atoms with van der Waals surface area (Å²) in [6.45, 7) is 0.724. The molecule has 0 radical (unpaired) electrons. The van der Waals surface area contributed by atoms with Crippen LogP contribution in [0.25, 0.3) is 11.3 Å². The molecule has 128 valence electrons. The number of rotatable bonds is 5. The molecule has 0 fully saturated rings. The summed E-state index contributed by atoms with van der Waals surface area (Å²) >= 11 is 0. The van der Waals surface area contributed by atoms with Crippen LogP contribution in [0.2, 0.25) is 0 Å². The Labute approximate surface area is 145 Å². The van der Waals surface area contributed by atoms with Gasteiger partial charge in [0.1, 0.15) is 5.75 Å². The van der Waals surface area contributed by atoms with Gasteiger partial charge in [0.2, 0.25) is 6.79 Å². The number of hydrogen-bond acceptors (Lipinski definition) is 5. The Hall–Kier alpha value is -2.99. The molecule has 1 aliphatic rings. The second-order valence-electron chi connectivity index (χ2n) is 5.84. The number of fused-ring (bicyclic) bond motifs is 1. The summed E-state index contributed by atoms with van der Waals surface area (Å²) < 4.78 is 16.0. The second kappa shape index (κ2) is 6.49. The lowest BCUT2D eigenvalue weighted by molar-refractivity contribution is 0.174. The van der Waals surface area contributed by atoms with E-state index >= 15 is 0 Å². The summed E-state index contributed by atoms with van der Waals surface area (Å²) in [5, 5.41) is 7.55. The maximum Gasteiger partial charge on any atom is 0.231 e. The van der Waals surface area contributed by atoms with Crippen LogP contribution in [0.15, 0.2) is 48.5 Å². The highest BCUT2D eigenvalue weighted by atomic mass is 16.7. The van der Waals surface area contributed by atoms with Crippen molar-refractivity contribution < 1.29 is 14.2 Å². The number of H-pyrrole nitrogens is 1. The molecule has 0 amide bonds. The van der Waals surface area contributed by atoms with E-state index in [4.69, 9.17) is 19.9 Å². The van der Waals surface area contributed by atoms with Crippen LogP contribution in [0.4, 0.5) is 0 Å². The molecule has 0 spiro atoms. The quantitative estimate of drug-likeness (QED) is 0.748. The molecule has 2 aromatic carbocycles. The molecule has 1 aromatic heterocycles. The third kappa shape index (κ3) is 2.92. The predicted octanol–water partition coefficient (Wildman–Crippen LogP) is 2.90. The normalized spacial score (nSPS) is 13.7. The van der Waals surface area contributed by atoms with E-state index in [0.717, 1.165) is 39.8 Å². The molecule has 0 aliphatic carbocycles. The number of nitrogens with zero attached hydrogens (tertiary/aromatic N) is 1. The molecule has 0 bridgehead atoms. The highest BCUT2D eigenvalue weighted by Crippen LogP contribution is 2.36. The van der Waals surface area contributed by atoms with Gasteiger partial charge in [-0.1, -0.05) is 6.07 Å². The summed E-state index contributed by atoms with van der Waals surface area (Å²) in [4.78, 5) is 0. The number of ether oxygens (including phenoxy) is 3. The van der Waals surface area contributed by atoms with Gasteiger partial charge in [-0.3, -0.25) is 5.10 Å². The highest BCUT2D eigenvalue weighted by Gasteiger charge is 2.20. The Kier molecular flexibility index (Phi) is 4.03. The number of hydrogen-bond donors (Lipinski definition) is 2. The summed E-state index contributed by atoms with van der Waals surface area (Å²) in [6, 6.07) is 15.7. The summed E-state index contributed by atoms with van der Waals surface area (Å²) in [6.07, 6.45) is 0. The second-order valence-corrected chi connectivity index (χ2v) is 5.84. The number of aromatic nitrogens is 2. The standard InChI is InChI=1S/C19H19N3O3/c1-23-14-5-2-12(3-6-14)16-9-17(22-21-16)15(10-20)13-4-7-18-19(8-13)25-11-24-18/h2-9,15H,10-11,20H2,1H3,(H,21,22). The van der Waals surface area contributed by atoms with Crippen molar-refractivity contribution in [2.45, 2.75) is 5.92 Å². The van der Waals surface area contributed by atoms with E-state index in [-0.39, 0.29) is 12.7 Å². The fourth-order valence-corrected chi connectivity index (χ4v) is 3.00. The minimum absolute atomic E-state index is 0.00833. The van der Waals surface area contributed by atoms with E-state index < -0.39 is 0 Å². The molecule has 1 unspecified atom stereocenters. The van der Waals surface area contributed by atoms with Gasteiger partial charge in [0.15, 0.2) is 11.5 Å². The van der Waals surface area contributed by atoms with Gasteiger partial charge in [0, 0.05) is 23.7 Å². The van der Waals surface area contributed by atoms with E-state index in [9.17, 15) is 0 Å². The first-order chi connectivity index (χ1) is 12.3. The summed E-state index contributed by atoms with van der Waals surface area (Å²) in [7, 11) is 1.65. The van der Waals surface area contributed by atoms with Crippen LogP contribution < -0.4 is 19.9 Å². The van der Waals surface area contributed by atoms with Crippen molar-refractivity contribution in [3.05, 3.63) is 59.8 Å². The molecule has 4 rings (SSSR count). The first kappa shape index (κ1) is 15.5. The van der Waals surface area contributed by atoms with E-state index in [1.54, 1.807) is 7.11 Å². The van der Waals surface area contributed by atoms with Crippen LogP contribution >= 0.6 is 0 Å². The predicted molar refractivity (Wildman–Crippen MR) is 94.0 cm³/mol. The van der Waals surface area contributed by atoms with Gasteiger partial charge < -0.3 is 19.9 Å². The van der Waals surface area contributed by atoms with E-state index in [1.807, 2.05) is 48.5 Å². The van der Waals surface area contributed by atoms with E-state index in [1.165, 1.54) is 0 Å². The molecule has 3 N–H and O–H groups in total. The van der Waals surface area contributed by atoms with Crippen LogP contribution in [0.5, 0.6) is 17.2 Å². The molecule has 3 aromatic rings. The highest BCUT2D eigenvalue weighted by molar-refractivity contribution is 5.61. The zero-order valence-electron chi connectivity index (χ0n) is 13.9. The molecule has 0 saturated heterocycles. The lowest BCUT2D eigenvalue weighted by Crippen LogP contribution is -2.14. The van der Waals surface area contributed by atoms with Crippen molar-refractivity contribution in [2.75, 3.05) is 20.4 Å². The SMILES string of the molecule is COc1ccc(-c2cc(C(CN)c3ccc4c(c3)OCO4)[nH]n2)cc1. The zero-order chi connectivity index (χ0) is 17.2. The Morgan fingerprint density at radius 2 is 1.92 bits per heavy atom. The fraction of sp³-hybridized carbons (Fsp3) is 0.211. The van der Waals surface area contributed by atoms with Crippen molar-refractivity contribution in [3.63, 3.8) is 0 Å². The van der Waals surface area contributed by atoms with Crippen LogP contribution in [0.3, 0.4) is 0 Å². The molecule has 1 aliphatic heterocycles. The van der Waals surface area contributed by atoms with Crippen molar-refractivity contribution in [2.24, 2.45) is 5.73 Å². The molecule has 2 heterocycles. The van der Waals surface area contributed by atoms with E-state index in [0.29, 0.717) is 6.54 Å². The van der Waals surface area contributed by atoms with Crippen LogP contribution in [-0.2, 0) is 0 Å². The molecule has 1 atom stereocenters. The number of nitrogens with two attached hydrogens (primary N) is 1. The largest absolute Gasteiger partial charge is 0.497 e. The minimum Gasteiger partial charge on any atom is -0.497 e. The fourth-order valence-electron chi connectivity index (χ4n) is 3.00. The zero-order valence-corrected chi connectivity index (χ0v) is 13.9. The Morgan fingerprint density at radius 1 is 1.12 bits per heavy atom. The molecular formula is C19H19N3O3. The van der Waals surface area contributed by atoms with Crippen LogP contribution in [0.1, 0.15) is 17.2 Å². The number of nitrogens with one attached hydrogen (secondary N) is 1.